The van der Waals surface area contributed by atoms with Gasteiger partial charge in [-0.05, 0) is 70.3 Å². The third-order valence-corrected chi connectivity index (χ3v) is 7.09. The first-order chi connectivity index (χ1) is 18.3. The number of pyridine rings is 1. The molecule has 4 nitrogen and oxygen atoms in total. The van der Waals surface area contributed by atoms with Crippen LogP contribution in [0.4, 0.5) is 0 Å². The van der Waals surface area contributed by atoms with Crippen LogP contribution in [0.1, 0.15) is 22.4 Å². The van der Waals surface area contributed by atoms with Crippen LogP contribution >= 0.6 is 0 Å². The van der Waals surface area contributed by atoms with E-state index in [1.54, 1.807) is 6.20 Å². The van der Waals surface area contributed by atoms with Gasteiger partial charge in [0.2, 0.25) is 0 Å². The summed E-state index contributed by atoms with van der Waals surface area (Å²) in [6.45, 7) is 0. The predicted octanol–water partition coefficient (Wildman–Crippen LogP) is 7.42. The van der Waals surface area contributed by atoms with Gasteiger partial charge in [-0.3, -0.25) is 4.98 Å². The van der Waals surface area contributed by atoms with Crippen molar-refractivity contribution in [2.45, 2.75) is 5.41 Å². The summed E-state index contributed by atoms with van der Waals surface area (Å²) in [5, 5.41) is 4.34. The maximum Gasteiger partial charge on any atom is 0.129 e. The van der Waals surface area contributed by atoms with Crippen LogP contribution < -0.4 is 4.74 Å². The van der Waals surface area contributed by atoms with E-state index < -0.39 is 5.41 Å². The average Bonchev–Trinajstić information content (AvgIpc) is 3.60. The van der Waals surface area contributed by atoms with Crippen LogP contribution in [-0.4, -0.2) is 14.8 Å². The van der Waals surface area contributed by atoms with Crippen LogP contribution in [0, 0.1) is 0 Å². The van der Waals surface area contributed by atoms with Gasteiger partial charge >= 0.3 is 0 Å². The number of rotatable bonds is 5. The highest BCUT2D eigenvalue weighted by atomic mass is 16.5. The van der Waals surface area contributed by atoms with Crippen LogP contribution in [0.3, 0.4) is 0 Å². The van der Waals surface area contributed by atoms with Gasteiger partial charge in [0.1, 0.15) is 11.5 Å². The summed E-state index contributed by atoms with van der Waals surface area (Å²) >= 11 is 0. The monoisotopic (exact) mass is 477 g/mol. The van der Waals surface area contributed by atoms with Gasteiger partial charge in [-0.1, -0.05) is 72.8 Å². The number of ether oxygens (including phenoxy) is 1. The Bertz CT molecular complexity index is 1660. The van der Waals surface area contributed by atoms with Gasteiger partial charge in [-0.25, -0.2) is 4.68 Å². The Balaban J connectivity index is 1.40. The Hall–Kier alpha value is -4.96. The first-order valence-corrected chi connectivity index (χ1v) is 12.3. The molecule has 0 bridgehead atoms. The Morgan fingerprint density at radius 2 is 1.30 bits per heavy atom. The summed E-state index contributed by atoms with van der Waals surface area (Å²) < 4.78 is 8.24. The topological polar surface area (TPSA) is 39.9 Å². The Labute approximate surface area is 215 Å². The molecule has 1 aliphatic carbocycles. The van der Waals surface area contributed by atoms with E-state index in [0.29, 0.717) is 0 Å². The molecule has 0 N–H and O–H groups in total. The highest BCUT2D eigenvalue weighted by Crippen LogP contribution is 2.55. The zero-order valence-electron chi connectivity index (χ0n) is 20.0. The van der Waals surface area contributed by atoms with Gasteiger partial charge in [0, 0.05) is 24.7 Å². The second-order valence-corrected chi connectivity index (χ2v) is 9.13. The number of fused-ring (bicyclic) bond motifs is 3. The molecule has 0 saturated carbocycles. The van der Waals surface area contributed by atoms with Gasteiger partial charge in [0.15, 0.2) is 0 Å². The lowest BCUT2D eigenvalue weighted by atomic mass is 9.70. The van der Waals surface area contributed by atoms with Crippen molar-refractivity contribution in [1.29, 1.82) is 0 Å². The normalized spacial score (nSPS) is 13.1. The molecule has 2 aromatic heterocycles. The van der Waals surface area contributed by atoms with Crippen LogP contribution in [-0.2, 0) is 5.41 Å². The fourth-order valence-electron chi connectivity index (χ4n) is 5.59. The maximum atomic E-state index is 6.41. The lowest BCUT2D eigenvalue weighted by molar-refractivity contribution is 0.480. The van der Waals surface area contributed by atoms with Gasteiger partial charge in [-0.2, -0.15) is 5.10 Å². The molecular weight excluding hydrogens is 454 g/mol. The highest BCUT2D eigenvalue weighted by Gasteiger charge is 2.47. The Morgan fingerprint density at radius 1 is 0.595 bits per heavy atom. The number of hydrogen-bond acceptors (Lipinski definition) is 3. The minimum Gasteiger partial charge on any atom is -0.457 e. The Morgan fingerprint density at radius 3 is 2.00 bits per heavy atom. The number of hydrogen-bond donors (Lipinski definition) is 0. The van der Waals surface area contributed by atoms with Crippen molar-refractivity contribution in [3.05, 3.63) is 162 Å². The van der Waals surface area contributed by atoms with Crippen molar-refractivity contribution in [3.63, 3.8) is 0 Å². The van der Waals surface area contributed by atoms with Gasteiger partial charge < -0.3 is 4.74 Å². The number of benzene rings is 4. The van der Waals surface area contributed by atoms with E-state index in [2.05, 4.69) is 84.0 Å². The fourth-order valence-corrected chi connectivity index (χ4v) is 5.59. The first kappa shape index (κ1) is 21.3. The SMILES string of the molecule is c1ccc(C2(c3cccc(Oc4cccc(-n5cccn5)c4)c3)c3ccccc3-c3ccccc32)nc1. The summed E-state index contributed by atoms with van der Waals surface area (Å²) in [5.41, 5.74) is 7.44. The summed E-state index contributed by atoms with van der Waals surface area (Å²) in [6.07, 6.45) is 5.57. The molecule has 0 aliphatic heterocycles. The van der Waals surface area contributed by atoms with E-state index in [0.717, 1.165) is 28.4 Å². The average molecular weight is 478 g/mol. The third-order valence-electron chi connectivity index (χ3n) is 7.09. The van der Waals surface area contributed by atoms with E-state index >= 15 is 0 Å². The zero-order valence-corrected chi connectivity index (χ0v) is 20.0. The first-order valence-electron chi connectivity index (χ1n) is 12.3. The van der Waals surface area contributed by atoms with Crippen LogP contribution in [0.5, 0.6) is 11.5 Å². The molecule has 1 aliphatic rings. The second-order valence-electron chi connectivity index (χ2n) is 9.13. The molecule has 4 heteroatoms. The maximum absolute atomic E-state index is 6.41. The molecule has 0 fully saturated rings. The van der Waals surface area contributed by atoms with Crippen molar-refractivity contribution in [3.8, 4) is 28.3 Å². The number of nitrogens with zero attached hydrogens (tertiary/aromatic N) is 3. The summed E-state index contributed by atoms with van der Waals surface area (Å²) in [5.74, 6) is 1.52. The van der Waals surface area contributed by atoms with Crippen molar-refractivity contribution < 1.29 is 4.74 Å². The molecule has 6 aromatic rings. The van der Waals surface area contributed by atoms with Gasteiger partial charge in [-0.15, -0.1) is 0 Å². The standard InChI is InChI=1S/C33H23N3O/c1-3-16-30-28(14-1)29-15-2-4-17-31(29)33(30,32-18-5-6-19-34-32)24-10-7-12-26(22-24)37-27-13-8-11-25(23-27)36-21-9-20-35-36/h1-23H. The van der Waals surface area contributed by atoms with Gasteiger partial charge in [0.05, 0.1) is 16.8 Å². The van der Waals surface area contributed by atoms with Crippen molar-refractivity contribution in [2.75, 3.05) is 0 Å². The minimum absolute atomic E-state index is 0.551. The molecule has 7 rings (SSSR count). The molecular formula is C33H23N3O. The van der Waals surface area contributed by atoms with Crippen molar-refractivity contribution >= 4 is 0 Å². The molecule has 0 spiro atoms. The number of aromatic nitrogens is 3. The Kier molecular flexibility index (Phi) is 4.96. The second kappa shape index (κ2) is 8.61. The summed E-state index contributed by atoms with van der Waals surface area (Å²) in [6, 6.07) is 41.7. The molecule has 176 valence electrons. The lowest BCUT2D eigenvalue weighted by Gasteiger charge is -2.32. The van der Waals surface area contributed by atoms with Crippen LogP contribution in [0.2, 0.25) is 0 Å². The highest BCUT2D eigenvalue weighted by molar-refractivity contribution is 5.85. The van der Waals surface area contributed by atoms with E-state index in [1.165, 1.54) is 22.3 Å². The van der Waals surface area contributed by atoms with Gasteiger partial charge in [0.25, 0.3) is 0 Å². The smallest absolute Gasteiger partial charge is 0.129 e. The summed E-state index contributed by atoms with van der Waals surface area (Å²) in [7, 11) is 0. The molecule has 0 saturated heterocycles. The van der Waals surface area contributed by atoms with Crippen molar-refractivity contribution in [2.24, 2.45) is 0 Å². The molecule has 2 heterocycles. The van der Waals surface area contributed by atoms with Crippen LogP contribution in [0.15, 0.2) is 140 Å². The molecule has 0 amide bonds. The van der Waals surface area contributed by atoms with E-state index in [9.17, 15) is 0 Å². The molecule has 0 radical (unpaired) electrons. The largest absolute Gasteiger partial charge is 0.457 e. The molecule has 37 heavy (non-hydrogen) atoms. The van der Waals surface area contributed by atoms with E-state index in [-0.39, 0.29) is 0 Å². The van der Waals surface area contributed by atoms with Crippen LogP contribution in [0.25, 0.3) is 16.8 Å². The van der Waals surface area contributed by atoms with Crippen molar-refractivity contribution in [1.82, 2.24) is 14.8 Å². The molecule has 0 atom stereocenters. The quantitative estimate of drug-likeness (QED) is 0.259. The molecule has 4 aromatic carbocycles. The van der Waals surface area contributed by atoms with E-state index in [4.69, 9.17) is 9.72 Å². The third kappa shape index (κ3) is 3.38. The zero-order chi connectivity index (χ0) is 24.7. The fraction of sp³-hybridized carbons (Fsp3) is 0.0303. The minimum atomic E-state index is -0.551. The molecule has 0 unspecified atom stereocenters. The van der Waals surface area contributed by atoms with E-state index in [1.807, 2.05) is 59.5 Å². The predicted molar refractivity (Wildman–Crippen MR) is 145 cm³/mol. The summed E-state index contributed by atoms with van der Waals surface area (Å²) in [4.78, 5) is 4.91. The lowest BCUT2D eigenvalue weighted by Crippen LogP contribution is -2.29.